The number of fused-ring (bicyclic) bond motifs is 1. The number of hydrogen-bond donors (Lipinski definition) is 1. The van der Waals surface area contributed by atoms with Crippen LogP contribution in [0.15, 0.2) is 36.5 Å². The van der Waals surface area contributed by atoms with Gasteiger partial charge in [0.05, 0.1) is 5.56 Å². The van der Waals surface area contributed by atoms with E-state index in [1.54, 1.807) is 6.07 Å². The maximum Gasteiger partial charge on any atom is 0.336 e. The van der Waals surface area contributed by atoms with Crippen LogP contribution in [0.4, 0.5) is 5.82 Å². The fourth-order valence-electron chi connectivity index (χ4n) is 3.01. The number of aromatic carboxylic acids is 1. The van der Waals surface area contributed by atoms with Gasteiger partial charge in [-0.1, -0.05) is 18.2 Å². The Morgan fingerprint density at radius 3 is 2.78 bits per heavy atom. The first-order valence-corrected chi connectivity index (χ1v) is 7.73. The summed E-state index contributed by atoms with van der Waals surface area (Å²) in [5, 5.41) is 9.37. The molecule has 1 aliphatic heterocycles. The summed E-state index contributed by atoms with van der Waals surface area (Å²) in [4.78, 5) is 20.1. The van der Waals surface area contributed by atoms with Crippen molar-refractivity contribution in [1.82, 2.24) is 9.88 Å². The van der Waals surface area contributed by atoms with E-state index in [0.717, 1.165) is 42.0 Å². The lowest BCUT2D eigenvalue weighted by molar-refractivity contribution is 0.0693. The summed E-state index contributed by atoms with van der Waals surface area (Å²) >= 11 is 0. The lowest BCUT2D eigenvalue weighted by Crippen LogP contribution is -2.31. The number of rotatable bonds is 4. The molecule has 0 saturated carbocycles. The minimum Gasteiger partial charge on any atom is -0.478 e. The van der Waals surface area contributed by atoms with E-state index in [-0.39, 0.29) is 0 Å². The van der Waals surface area contributed by atoms with E-state index >= 15 is 0 Å². The van der Waals surface area contributed by atoms with Crippen molar-refractivity contribution in [2.45, 2.75) is 19.5 Å². The highest BCUT2D eigenvalue weighted by Crippen LogP contribution is 2.24. The molecule has 0 fully saturated rings. The van der Waals surface area contributed by atoms with Crippen molar-refractivity contribution in [2.75, 3.05) is 25.5 Å². The predicted molar refractivity (Wildman–Crippen MR) is 89.8 cm³/mol. The van der Waals surface area contributed by atoms with Crippen LogP contribution in [-0.4, -0.2) is 41.6 Å². The Labute approximate surface area is 136 Å². The highest BCUT2D eigenvalue weighted by atomic mass is 16.4. The van der Waals surface area contributed by atoms with Crippen LogP contribution in [0.25, 0.3) is 0 Å². The van der Waals surface area contributed by atoms with Gasteiger partial charge in [0.1, 0.15) is 5.82 Å². The number of carboxylic acid groups (broad SMARTS) is 1. The fourth-order valence-corrected chi connectivity index (χ4v) is 3.01. The molecule has 2 aromatic rings. The van der Waals surface area contributed by atoms with Gasteiger partial charge in [-0.25, -0.2) is 9.78 Å². The molecule has 0 atom stereocenters. The number of carboxylic acids is 1. The molecule has 1 N–H and O–H groups in total. The molecule has 1 aliphatic rings. The van der Waals surface area contributed by atoms with Crippen molar-refractivity contribution < 1.29 is 9.90 Å². The Bertz CT molecular complexity index is 711. The largest absolute Gasteiger partial charge is 0.478 e. The smallest absolute Gasteiger partial charge is 0.336 e. The zero-order chi connectivity index (χ0) is 16.4. The molecule has 5 heteroatoms. The molecule has 0 unspecified atom stereocenters. The molecular weight excluding hydrogens is 290 g/mol. The number of carbonyl (C=O) groups is 1. The molecular formula is C18H21N3O2. The number of hydrogen-bond acceptors (Lipinski definition) is 4. The Hall–Kier alpha value is -2.40. The summed E-state index contributed by atoms with van der Waals surface area (Å²) in [6.45, 7) is 2.40. The van der Waals surface area contributed by atoms with E-state index in [1.807, 2.05) is 43.4 Å². The normalized spacial score (nSPS) is 14.3. The van der Waals surface area contributed by atoms with Crippen molar-refractivity contribution in [2.24, 2.45) is 0 Å². The van der Waals surface area contributed by atoms with Gasteiger partial charge < -0.3 is 10.0 Å². The molecule has 0 saturated heterocycles. The maximum absolute atomic E-state index is 11.4. The van der Waals surface area contributed by atoms with Crippen molar-refractivity contribution in [3.05, 3.63) is 58.8 Å². The van der Waals surface area contributed by atoms with Crippen molar-refractivity contribution in [3.8, 4) is 0 Å². The lowest BCUT2D eigenvalue weighted by Gasteiger charge is -2.29. The molecule has 120 valence electrons. The van der Waals surface area contributed by atoms with E-state index in [2.05, 4.69) is 16.0 Å². The molecule has 0 spiro atoms. The number of aromatic nitrogens is 1. The van der Waals surface area contributed by atoms with Gasteiger partial charge in [0.15, 0.2) is 0 Å². The van der Waals surface area contributed by atoms with Crippen LogP contribution in [0, 0.1) is 0 Å². The Morgan fingerprint density at radius 2 is 2.13 bits per heavy atom. The minimum absolute atomic E-state index is 0.424. The Kier molecular flexibility index (Phi) is 4.30. The summed E-state index contributed by atoms with van der Waals surface area (Å²) in [5.74, 6) is 0.0894. The van der Waals surface area contributed by atoms with Crippen LogP contribution in [0.2, 0.25) is 0 Å². The van der Waals surface area contributed by atoms with Gasteiger partial charge in [0.2, 0.25) is 0 Å². The van der Waals surface area contributed by atoms with Gasteiger partial charge in [0.25, 0.3) is 0 Å². The molecule has 1 aromatic carbocycles. The van der Waals surface area contributed by atoms with E-state index in [1.165, 1.54) is 0 Å². The van der Waals surface area contributed by atoms with Crippen LogP contribution >= 0.6 is 0 Å². The van der Waals surface area contributed by atoms with E-state index in [9.17, 15) is 9.90 Å². The number of nitrogens with zero attached hydrogens (tertiary/aromatic N) is 3. The molecule has 0 radical (unpaired) electrons. The molecule has 0 aliphatic carbocycles. The monoisotopic (exact) mass is 311 g/mol. The Balaban J connectivity index is 1.75. The SMILES string of the molecule is CN(C)c1ccc(CN2CCc3cccc(C(=O)O)c3C2)cn1. The second kappa shape index (κ2) is 6.38. The third kappa shape index (κ3) is 3.35. The molecule has 3 rings (SSSR count). The van der Waals surface area contributed by atoms with Gasteiger partial charge in [-0.3, -0.25) is 4.90 Å². The quantitative estimate of drug-likeness (QED) is 0.939. The number of benzene rings is 1. The minimum atomic E-state index is -0.847. The second-order valence-corrected chi connectivity index (χ2v) is 6.13. The van der Waals surface area contributed by atoms with Crippen molar-refractivity contribution in [3.63, 3.8) is 0 Å². The highest BCUT2D eigenvalue weighted by Gasteiger charge is 2.21. The average Bonchev–Trinajstić information content (AvgIpc) is 2.54. The van der Waals surface area contributed by atoms with Crippen LogP contribution in [-0.2, 0) is 19.5 Å². The standard InChI is InChI=1S/C18H21N3O2/c1-20(2)17-7-6-13(10-19-17)11-21-9-8-14-4-3-5-15(18(22)23)16(14)12-21/h3-7,10H,8-9,11-12H2,1-2H3,(H,22,23). The summed E-state index contributed by atoms with van der Waals surface area (Å²) in [6.07, 6.45) is 2.79. The third-order valence-electron chi connectivity index (χ3n) is 4.26. The molecule has 0 bridgehead atoms. The van der Waals surface area contributed by atoms with Gasteiger partial charge in [-0.15, -0.1) is 0 Å². The predicted octanol–water partition coefficient (Wildman–Crippen LogP) is 2.40. The van der Waals surface area contributed by atoms with Crippen LogP contribution in [0.1, 0.15) is 27.0 Å². The van der Waals surface area contributed by atoms with E-state index in [0.29, 0.717) is 12.1 Å². The van der Waals surface area contributed by atoms with Crippen molar-refractivity contribution >= 4 is 11.8 Å². The second-order valence-electron chi connectivity index (χ2n) is 6.13. The van der Waals surface area contributed by atoms with E-state index in [4.69, 9.17) is 0 Å². The average molecular weight is 311 g/mol. The maximum atomic E-state index is 11.4. The molecule has 1 aromatic heterocycles. The lowest BCUT2D eigenvalue weighted by atomic mass is 9.94. The summed E-state index contributed by atoms with van der Waals surface area (Å²) in [7, 11) is 3.94. The number of anilines is 1. The molecule has 2 heterocycles. The first kappa shape index (κ1) is 15.5. The zero-order valence-electron chi connectivity index (χ0n) is 13.5. The topological polar surface area (TPSA) is 56.7 Å². The van der Waals surface area contributed by atoms with E-state index < -0.39 is 5.97 Å². The number of pyridine rings is 1. The fraction of sp³-hybridized carbons (Fsp3) is 0.333. The van der Waals surface area contributed by atoms with Gasteiger partial charge in [0, 0.05) is 39.9 Å². The van der Waals surface area contributed by atoms with Crippen LogP contribution in [0.5, 0.6) is 0 Å². The molecule has 0 amide bonds. The van der Waals surface area contributed by atoms with Crippen LogP contribution < -0.4 is 4.90 Å². The first-order valence-electron chi connectivity index (χ1n) is 7.73. The van der Waals surface area contributed by atoms with Gasteiger partial charge >= 0.3 is 5.97 Å². The molecule has 5 nitrogen and oxygen atoms in total. The summed E-state index contributed by atoms with van der Waals surface area (Å²) in [6, 6.07) is 9.66. The van der Waals surface area contributed by atoms with Crippen LogP contribution in [0.3, 0.4) is 0 Å². The van der Waals surface area contributed by atoms with Gasteiger partial charge in [-0.2, -0.15) is 0 Å². The zero-order valence-corrected chi connectivity index (χ0v) is 13.5. The summed E-state index contributed by atoms with van der Waals surface area (Å²) in [5.41, 5.74) is 3.67. The van der Waals surface area contributed by atoms with Crippen molar-refractivity contribution in [1.29, 1.82) is 0 Å². The first-order chi connectivity index (χ1) is 11.0. The Morgan fingerprint density at radius 1 is 1.30 bits per heavy atom. The summed E-state index contributed by atoms with van der Waals surface area (Å²) < 4.78 is 0. The molecule has 23 heavy (non-hydrogen) atoms. The highest BCUT2D eigenvalue weighted by molar-refractivity contribution is 5.89. The third-order valence-corrected chi connectivity index (χ3v) is 4.26. The van der Waals surface area contributed by atoms with Gasteiger partial charge in [-0.05, 0) is 35.2 Å².